The SMILES string of the molecule is Nc1cc(OCc2ccccc2)ccc1OCCOc1ccc(OCc2ccccc2)cc1N. The lowest BCUT2D eigenvalue weighted by molar-refractivity contribution is 0.218. The highest BCUT2D eigenvalue weighted by atomic mass is 16.5. The summed E-state index contributed by atoms with van der Waals surface area (Å²) in [5.74, 6) is 2.53. The minimum atomic E-state index is 0.320. The third-order valence-corrected chi connectivity index (χ3v) is 5.06. The van der Waals surface area contributed by atoms with Gasteiger partial charge in [0.2, 0.25) is 0 Å². The summed E-state index contributed by atoms with van der Waals surface area (Å²) in [4.78, 5) is 0. The van der Waals surface area contributed by atoms with E-state index in [-0.39, 0.29) is 0 Å². The van der Waals surface area contributed by atoms with Crippen LogP contribution in [0.15, 0.2) is 97.1 Å². The van der Waals surface area contributed by atoms with Crippen LogP contribution in [0.5, 0.6) is 23.0 Å². The Morgan fingerprint density at radius 3 is 1.26 bits per heavy atom. The summed E-state index contributed by atoms with van der Waals surface area (Å²) in [6.07, 6.45) is 0. The molecule has 4 aromatic rings. The van der Waals surface area contributed by atoms with Gasteiger partial charge < -0.3 is 30.4 Å². The smallest absolute Gasteiger partial charge is 0.142 e. The Kier molecular flexibility index (Phi) is 7.74. The van der Waals surface area contributed by atoms with Crippen molar-refractivity contribution in [2.75, 3.05) is 24.7 Å². The molecule has 174 valence electrons. The van der Waals surface area contributed by atoms with Crippen LogP contribution in [0.4, 0.5) is 11.4 Å². The van der Waals surface area contributed by atoms with Gasteiger partial charge in [-0.2, -0.15) is 0 Å². The summed E-state index contributed by atoms with van der Waals surface area (Å²) in [5, 5.41) is 0. The first-order chi connectivity index (χ1) is 16.7. The lowest BCUT2D eigenvalue weighted by atomic mass is 10.2. The Morgan fingerprint density at radius 1 is 0.471 bits per heavy atom. The highest BCUT2D eigenvalue weighted by Crippen LogP contribution is 2.28. The second-order valence-electron chi connectivity index (χ2n) is 7.64. The molecule has 34 heavy (non-hydrogen) atoms. The molecule has 0 aliphatic heterocycles. The van der Waals surface area contributed by atoms with Crippen LogP contribution >= 0.6 is 0 Å². The third kappa shape index (κ3) is 6.59. The average Bonchev–Trinajstić information content (AvgIpc) is 2.87. The van der Waals surface area contributed by atoms with Gasteiger partial charge in [0.05, 0.1) is 11.4 Å². The van der Waals surface area contributed by atoms with Gasteiger partial charge in [-0.1, -0.05) is 60.7 Å². The Labute approximate surface area is 199 Å². The first-order valence-corrected chi connectivity index (χ1v) is 11.1. The van der Waals surface area contributed by atoms with Gasteiger partial charge in [-0.25, -0.2) is 0 Å². The van der Waals surface area contributed by atoms with Crippen molar-refractivity contribution in [2.45, 2.75) is 13.2 Å². The summed E-state index contributed by atoms with van der Waals surface area (Å²) in [7, 11) is 0. The molecule has 0 aliphatic rings. The van der Waals surface area contributed by atoms with Gasteiger partial charge in [-0.15, -0.1) is 0 Å². The van der Waals surface area contributed by atoms with Crippen molar-refractivity contribution in [1.29, 1.82) is 0 Å². The summed E-state index contributed by atoms with van der Waals surface area (Å²) in [6, 6.07) is 30.7. The molecule has 0 bridgehead atoms. The van der Waals surface area contributed by atoms with Crippen LogP contribution < -0.4 is 30.4 Å². The van der Waals surface area contributed by atoms with Crippen LogP contribution in [-0.4, -0.2) is 13.2 Å². The van der Waals surface area contributed by atoms with E-state index in [2.05, 4.69) is 0 Å². The van der Waals surface area contributed by atoms with Crippen LogP contribution in [0, 0.1) is 0 Å². The number of ether oxygens (including phenoxy) is 4. The van der Waals surface area contributed by atoms with E-state index < -0.39 is 0 Å². The molecule has 0 aromatic heterocycles. The standard InChI is InChI=1S/C28H28N2O4/c29-25-17-23(33-19-21-7-3-1-4-8-21)11-13-27(25)31-15-16-32-28-14-12-24(18-26(28)30)34-20-22-9-5-2-6-10-22/h1-14,17-18H,15-16,19-20,29-30H2. The van der Waals surface area contributed by atoms with Gasteiger partial charge in [-0.05, 0) is 35.4 Å². The van der Waals surface area contributed by atoms with E-state index in [0.29, 0.717) is 60.8 Å². The first kappa shape index (κ1) is 22.9. The average molecular weight is 457 g/mol. The maximum absolute atomic E-state index is 6.12. The van der Waals surface area contributed by atoms with E-state index in [0.717, 1.165) is 11.1 Å². The normalized spacial score (nSPS) is 10.5. The maximum atomic E-state index is 6.12. The number of benzene rings is 4. The van der Waals surface area contributed by atoms with Crippen LogP contribution in [-0.2, 0) is 13.2 Å². The molecule has 0 heterocycles. The fraction of sp³-hybridized carbons (Fsp3) is 0.143. The van der Waals surface area contributed by atoms with Crippen LogP contribution in [0.2, 0.25) is 0 Å². The van der Waals surface area contributed by atoms with Crippen molar-refractivity contribution in [2.24, 2.45) is 0 Å². The fourth-order valence-corrected chi connectivity index (χ4v) is 3.28. The lowest BCUT2D eigenvalue weighted by Crippen LogP contribution is -2.11. The van der Waals surface area contributed by atoms with E-state index in [1.165, 1.54) is 0 Å². The second kappa shape index (κ2) is 11.5. The maximum Gasteiger partial charge on any atom is 0.142 e. The lowest BCUT2D eigenvalue weighted by Gasteiger charge is -2.13. The Balaban J connectivity index is 1.21. The summed E-state index contributed by atoms with van der Waals surface area (Å²) >= 11 is 0. The monoisotopic (exact) mass is 456 g/mol. The Morgan fingerprint density at radius 2 is 0.882 bits per heavy atom. The zero-order valence-corrected chi connectivity index (χ0v) is 18.9. The molecule has 6 heteroatoms. The Hall–Kier alpha value is -4.32. The van der Waals surface area contributed by atoms with Crippen LogP contribution in [0.1, 0.15) is 11.1 Å². The van der Waals surface area contributed by atoms with E-state index >= 15 is 0 Å². The van der Waals surface area contributed by atoms with Crippen molar-refractivity contribution in [3.63, 3.8) is 0 Å². The molecule has 0 saturated heterocycles. The number of hydrogen-bond acceptors (Lipinski definition) is 6. The molecule has 0 amide bonds. The van der Waals surface area contributed by atoms with Gasteiger partial charge in [0.25, 0.3) is 0 Å². The summed E-state index contributed by atoms with van der Waals surface area (Å²) in [6.45, 7) is 1.60. The van der Waals surface area contributed by atoms with Crippen LogP contribution in [0.3, 0.4) is 0 Å². The first-order valence-electron chi connectivity index (χ1n) is 11.1. The zero-order chi connectivity index (χ0) is 23.6. The van der Waals surface area contributed by atoms with E-state index in [9.17, 15) is 0 Å². The molecular weight excluding hydrogens is 428 g/mol. The quantitative estimate of drug-likeness (QED) is 0.230. The Bertz CT molecular complexity index is 1090. The molecule has 0 radical (unpaired) electrons. The minimum absolute atomic E-state index is 0.320. The van der Waals surface area contributed by atoms with Gasteiger partial charge in [0, 0.05) is 12.1 Å². The van der Waals surface area contributed by atoms with E-state index in [4.69, 9.17) is 30.4 Å². The molecular formula is C28H28N2O4. The molecule has 0 spiro atoms. The molecule has 0 aliphatic carbocycles. The highest BCUT2D eigenvalue weighted by molar-refractivity contribution is 5.57. The van der Waals surface area contributed by atoms with Crippen LogP contribution in [0.25, 0.3) is 0 Å². The van der Waals surface area contributed by atoms with E-state index in [1.54, 1.807) is 24.3 Å². The van der Waals surface area contributed by atoms with Crippen molar-refractivity contribution in [3.8, 4) is 23.0 Å². The topological polar surface area (TPSA) is 89.0 Å². The molecule has 6 nitrogen and oxygen atoms in total. The predicted octanol–water partition coefficient (Wildman–Crippen LogP) is 5.47. The number of anilines is 2. The van der Waals surface area contributed by atoms with Gasteiger partial charge in [0.1, 0.15) is 49.4 Å². The van der Waals surface area contributed by atoms with Gasteiger partial charge >= 0.3 is 0 Å². The predicted molar refractivity (Wildman–Crippen MR) is 134 cm³/mol. The molecule has 4 N–H and O–H groups in total. The highest BCUT2D eigenvalue weighted by Gasteiger charge is 2.06. The number of nitrogens with two attached hydrogens (primary N) is 2. The largest absolute Gasteiger partial charge is 0.489 e. The number of rotatable bonds is 11. The molecule has 0 atom stereocenters. The molecule has 0 saturated carbocycles. The minimum Gasteiger partial charge on any atom is -0.489 e. The van der Waals surface area contributed by atoms with E-state index in [1.807, 2.05) is 72.8 Å². The van der Waals surface area contributed by atoms with Crippen molar-refractivity contribution >= 4 is 11.4 Å². The zero-order valence-electron chi connectivity index (χ0n) is 18.9. The number of nitrogen functional groups attached to an aromatic ring is 2. The molecule has 4 aromatic carbocycles. The molecule has 0 unspecified atom stereocenters. The van der Waals surface area contributed by atoms with Crippen molar-refractivity contribution in [1.82, 2.24) is 0 Å². The second-order valence-corrected chi connectivity index (χ2v) is 7.64. The fourth-order valence-electron chi connectivity index (χ4n) is 3.28. The molecule has 4 rings (SSSR count). The molecule has 0 fully saturated rings. The summed E-state index contributed by atoms with van der Waals surface area (Å²) < 4.78 is 23.1. The van der Waals surface area contributed by atoms with Crippen molar-refractivity contribution < 1.29 is 18.9 Å². The summed E-state index contributed by atoms with van der Waals surface area (Å²) in [5.41, 5.74) is 15.4. The third-order valence-electron chi connectivity index (χ3n) is 5.06. The van der Waals surface area contributed by atoms with Crippen molar-refractivity contribution in [3.05, 3.63) is 108 Å². The number of hydrogen-bond donors (Lipinski definition) is 2. The van der Waals surface area contributed by atoms with Gasteiger partial charge in [-0.3, -0.25) is 0 Å². The van der Waals surface area contributed by atoms with Gasteiger partial charge in [0.15, 0.2) is 0 Å².